The van der Waals surface area contributed by atoms with Gasteiger partial charge in [0.15, 0.2) is 9.84 Å². The number of halogens is 1. The van der Waals surface area contributed by atoms with Gasteiger partial charge in [-0.1, -0.05) is 12.8 Å². The van der Waals surface area contributed by atoms with Crippen LogP contribution in [0.25, 0.3) is 0 Å². The summed E-state index contributed by atoms with van der Waals surface area (Å²) in [7, 11) is -3.33. The number of amides is 1. The van der Waals surface area contributed by atoms with Crippen molar-refractivity contribution in [3.05, 3.63) is 0 Å². The van der Waals surface area contributed by atoms with Crippen molar-refractivity contribution in [1.29, 1.82) is 0 Å². The van der Waals surface area contributed by atoms with E-state index in [1.54, 1.807) is 0 Å². The minimum atomic E-state index is -3.33. The maximum atomic E-state index is 11.7. The van der Waals surface area contributed by atoms with Gasteiger partial charge in [0.25, 0.3) is 0 Å². The molecule has 4 nitrogen and oxygen atoms in total. The van der Waals surface area contributed by atoms with Crippen LogP contribution in [0.4, 0.5) is 0 Å². The van der Waals surface area contributed by atoms with Gasteiger partial charge in [-0.2, -0.15) is 0 Å². The van der Waals surface area contributed by atoms with Crippen LogP contribution in [0.1, 0.15) is 32.6 Å². The third-order valence-corrected chi connectivity index (χ3v) is 5.04. The molecule has 6 heteroatoms. The van der Waals surface area contributed by atoms with Gasteiger partial charge in [0.05, 0.1) is 5.38 Å². The van der Waals surface area contributed by atoms with E-state index in [9.17, 15) is 13.2 Å². The Morgan fingerprint density at radius 3 is 2.44 bits per heavy atom. The summed E-state index contributed by atoms with van der Waals surface area (Å²) in [5.41, 5.74) is 0. The van der Waals surface area contributed by atoms with Gasteiger partial charge in [0.2, 0.25) is 5.91 Å². The predicted molar refractivity (Wildman–Crippen MR) is 64.3 cm³/mol. The van der Waals surface area contributed by atoms with Crippen molar-refractivity contribution in [3.63, 3.8) is 0 Å². The first-order valence-electron chi connectivity index (χ1n) is 5.45. The summed E-state index contributed by atoms with van der Waals surface area (Å²) in [6.07, 6.45) is 4.87. The van der Waals surface area contributed by atoms with Gasteiger partial charge >= 0.3 is 0 Å². The maximum absolute atomic E-state index is 11.7. The van der Waals surface area contributed by atoms with Crippen LogP contribution in [0.3, 0.4) is 0 Å². The Morgan fingerprint density at radius 1 is 1.38 bits per heavy atom. The Kier molecular flexibility index (Phi) is 4.62. The fourth-order valence-corrected chi connectivity index (χ4v) is 2.54. The Morgan fingerprint density at radius 2 is 1.94 bits per heavy atom. The molecule has 0 bridgehead atoms. The summed E-state index contributed by atoms with van der Waals surface area (Å²) in [5, 5.41) is 1.64. The molecule has 1 rings (SSSR count). The van der Waals surface area contributed by atoms with Crippen molar-refractivity contribution >= 4 is 27.3 Å². The average molecular weight is 268 g/mol. The minimum Gasteiger partial charge on any atom is -0.351 e. The molecule has 1 aliphatic carbocycles. The first-order valence-corrected chi connectivity index (χ1v) is 7.85. The lowest BCUT2D eigenvalue weighted by molar-refractivity contribution is -0.121. The summed E-state index contributed by atoms with van der Waals surface area (Å²) in [6, 6.07) is -0.0906. The van der Waals surface area contributed by atoms with E-state index in [1.807, 2.05) is 0 Å². The first kappa shape index (κ1) is 13.8. The predicted octanol–water partition coefficient (Wildman–Crippen LogP) is 1.09. The van der Waals surface area contributed by atoms with E-state index in [-0.39, 0.29) is 11.4 Å². The Balaban J connectivity index is 2.57. The number of rotatable bonds is 3. The lowest BCUT2D eigenvalue weighted by Crippen LogP contribution is -2.47. The number of hydrogen-bond donors (Lipinski definition) is 1. The lowest BCUT2D eigenvalue weighted by Gasteiger charge is -2.28. The SMILES string of the molecule is CC(C(=O)NC1CCCCC1Cl)S(C)(=O)=O. The molecule has 0 aromatic rings. The van der Waals surface area contributed by atoms with Crippen LogP contribution in [0.5, 0.6) is 0 Å². The van der Waals surface area contributed by atoms with Crippen molar-refractivity contribution in [2.24, 2.45) is 0 Å². The second kappa shape index (κ2) is 5.36. The second-order valence-electron chi connectivity index (χ2n) is 4.39. The number of hydrogen-bond acceptors (Lipinski definition) is 3. The van der Waals surface area contributed by atoms with Crippen molar-refractivity contribution in [2.45, 2.75) is 49.3 Å². The van der Waals surface area contributed by atoms with Crippen LogP contribution >= 0.6 is 11.6 Å². The van der Waals surface area contributed by atoms with E-state index in [0.29, 0.717) is 0 Å². The van der Waals surface area contributed by atoms with Crippen molar-refractivity contribution in [2.75, 3.05) is 6.26 Å². The van der Waals surface area contributed by atoms with Gasteiger partial charge in [-0.3, -0.25) is 4.79 Å². The molecule has 0 saturated heterocycles. The van der Waals surface area contributed by atoms with Gasteiger partial charge in [-0.15, -0.1) is 11.6 Å². The number of alkyl halides is 1. The molecule has 1 saturated carbocycles. The van der Waals surface area contributed by atoms with Crippen LogP contribution in [0.2, 0.25) is 0 Å². The summed E-state index contributed by atoms with van der Waals surface area (Å²) in [5.74, 6) is -0.444. The fourth-order valence-electron chi connectivity index (χ4n) is 1.74. The Labute approximate surface area is 102 Å². The maximum Gasteiger partial charge on any atom is 0.238 e. The standard InChI is InChI=1S/C10H18ClNO3S/c1-7(16(2,14)15)10(13)12-9-6-4-3-5-8(9)11/h7-9H,3-6H2,1-2H3,(H,12,13). The molecular weight excluding hydrogens is 250 g/mol. The number of carbonyl (C=O) groups is 1. The molecule has 3 unspecified atom stereocenters. The zero-order valence-electron chi connectivity index (χ0n) is 9.57. The minimum absolute atomic E-state index is 0.0792. The van der Waals surface area contributed by atoms with E-state index in [1.165, 1.54) is 6.92 Å². The van der Waals surface area contributed by atoms with Crippen LogP contribution in [-0.2, 0) is 14.6 Å². The molecule has 0 heterocycles. The van der Waals surface area contributed by atoms with Gasteiger partial charge < -0.3 is 5.32 Å². The lowest BCUT2D eigenvalue weighted by atomic mass is 9.95. The van der Waals surface area contributed by atoms with E-state index in [4.69, 9.17) is 11.6 Å². The van der Waals surface area contributed by atoms with Crippen molar-refractivity contribution in [3.8, 4) is 0 Å². The van der Waals surface area contributed by atoms with E-state index >= 15 is 0 Å². The Hall–Kier alpha value is -0.290. The highest BCUT2D eigenvalue weighted by Gasteiger charge is 2.29. The summed E-state index contributed by atoms with van der Waals surface area (Å²) in [4.78, 5) is 11.7. The normalized spacial score (nSPS) is 28.4. The largest absolute Gasteiger partial charge is 0.351 e. The molecule has 0 aromatic carbocycles. The molecule has 94 valence electrons. The molecule has 1 amide bonds. The van der Waals surface area contributed by atoms with Crippen LogP contribution in [0.15, 0.2) is 0 Å². The zero-order valence-corrected chi connectivity index (χ0v) is 11.1. The number of carbonyl (C=O) groups excluding carboxylic acids is 1. The molecule has 16 heavy (non-hydrogen) atoms. The summed E-state index contributed by atoms with van der Waals surface area (Å²) in [6.45, 7) is 1.40. The molecule has 0 spiro atoms. The molecule has 0 aromatic heterocycles. The molecular formula is C10H18ClNO3S. The van der Waals surface area contributed by atoms with Gasteiger partial charge in [0, 0.05) is 12.3 Å². The highest BCUT2D eigenvalue weighted by Crippen LogP contribution is 2.23. The van der Waals surface area contributed by atoms with E-state index in [2.05, 4.69) is 5.32 Å². The molecule has 1 fully saturated rings. The summed E-state index contributed by atoms with van der Waals surface area (Å²) >= 11 is 6.08. The topological polar surface area (TPSA) is 63.2 Å². The average Bonchev–Trinajstić information content (AvgIpc) is 2.19. The first-order chi connectivity index (χ1) is 7.32. The third kappa shape index (κ3) is 3.63. The fraction of sp³-hybridized carbons (Fsp3) is 0.900. The Bertz CT molecular complexity index is 355. The van der Waals surface area contributed by atoms with Gasteiger partial charge in [-0.05, 0) is 19.8 Å². The molecule has 1 aliphatic rings. The zero-order chi connectivity index (χ0) is 12.3. The monoisotopic (exact) mass is 267 g/mol. The highest BCUT2D eigenvalue weighted by atomic mass is 35.5. The quantitative estimate of drug-likeness (QED) is 0.779. The van der Waals surface area contributed by atoms with E-state index in [0.717, 1.165) is 31.9 Å². The molecule has 0 radical (unpaired) electrons. The van der Waals surface area contributed by atoms with Crippen LogP contribution in [0, 0.1) is 0 Å². The highest BCUT2D eigenvalue weighted by molar-refractivity contribution is 7.92. The second-order valence-corrected chi connectivity index (χ2v) is 7.31. The molecule has 3 atom stereocenters. The van der Waals surface area contributed by atoms with Crippen LogP contribution in [-0.4, -0.2) is 37.2 Å². The third-order valence-electron chi connectivity index (χ3n) is 3.02. The van der Waals surface area contributed by atoms with Gasteiger partial charge in [-0.25, -0.2) is 8.42 Å². The van der Waals surface area contributed by atoms with Crippen molar-refractivity contribution in [1.82, 2.24) is 5.32 Å². The smallest absolute Gasteiger partial charge is 0.238 e. The number of sulfone groups is 1. The molecule has 0 aliphatic heterocycles. The van der Waals surface area contributed by atoms with E-state index < -0.39 is 21.0 Å². The molecule has 1 N–H and O–H groups in total. The summed E-state index contributed by atoms with van der Waals surface area (Å²) < 4.78 is 22.4. The number of nitrogens with one attached hydrogen (secondary N) is 1. The van der Waals surface area contributed by atoms with Crippen molar-refractivity contribution < 1.29 is 13.2 Å². The van der Waals surface area contributed by atoms with Gasteiger partial charge in [0.1, 0.15) is 5.25 Å². The van der Waals surface area contributed by atoms with Crippen LogP contribution < -0.4 is 5.32 Å².